The van der Waals surface area contributed by atoms with Crippen molar-refractivity contribution in [1.82, 2.24) is 15.1 Å². The van der Waals surface area contributed by atoms with Gasteiger partial charge in [-0.05, 0) is 37.1 Å². The molecule has 4 aliphatic heterocycles. The number of amides is 3. The molecule has 1 saturated carbocycles. The number of likely N-dealkylation sites (tertiary alicyclic amines) is 1. The molecule has 10 heteroatoms. The molecule has 1 spiro atoms. The highest BCUT2D eigenvalue weighted by Gasteiger charge is 2.72. The maximum absolute atomic E-state index is 14.1. The van der Waals surface area contributed by atoms with Crippen molar-refractivity contribution < 1.29 is 28.6 Å². The highest BCUT2D eigenvalue weighted by molar-refractivity contribution is 6.02. The molecule has 210 valence electrons. The highest BCUT2D eigenvalue weighted by atomic mass is 16.5. The van der Waals surface area contributed by atoms with Crippen molar-refractivity contribution in [3.63, 3.8) is 0 Å². The van der Waals surface area contributed by atoms with E-state index < -0.39 is 29.6 Å². The third-order valence-corrected chi connectivity index (χ3v) is 8.99. The van der Waals surface area contributed by atoms with Crippen LogP contribution < -0.4 is 15.4 Å². The summed E-state index contributed by atoms with van der Waals surface area (Å²) in [5, 5.41) is 6.20. The molecule has 3 amide bonds. The summed E-state index contributed by atoms with van der Waals surface area (Å²) in [5.74, 6) is -1.43. The van der Waals surface area contributed by atoms with Crippen LogP contribution in [0, 0.1) is 11.8 Å². The molecule has 0 aromatic heterocycles. The van der Waals surface area contributed by atoms with Crippen LogP contribution >= 0.6 is 0 Å². The Balaban J connectivity index is 1.25. The van der Waals surface area contributed by atoms with Crippen molar-refractivity contribution in [3.8, 4) is 5.75 Å². The lowest BCUT2D eigenvalue weighted by Gasteiger charge is -2.35. The van der Waals surface area contributed by atoms with E-state index in [9.17, 15) is 14.4 Å². The van der Waals surface area contributed by atoms with Crippen LogP contribution in [0.5, 0.6) is 5.75 Å². The van der Waals surface area contributed by atoms with Crippen molar-refractivity contribution in [2.24, 2.45) is 11.8 Å². The van der Waals surface area contributed by atoms with Gasteiger partial charge in [-0.15, -0.1) is 0 Å². The van der Waals surface area contributed by atoms with Crippen LogP contribution in [-0.4, -0.2) is 97.8 Å². The van der Waals surface area contributed by atoms with Crippen molar-refractivity contribution in [2.75, 3.05) is 51.8 Å². The minimum atomic E-state index is -1.15. The summed E-state index contributed by atoms with van der Waals surface area (Å²) in [6, 6.07) is 6.37. The van der Waals surface area contributed by atoms with E-state index in [0.717, 1.165) is 38.8 Å². The van der Waals surface area contributed by atoms with E-state index in [2.05, 4.69) is 15.5 Å². The van der Waals surface area contributed by atoms with Crippen LogP contribution in [0.3, 0.4) is 0 Å². The fourth-order valence-corrected chi connectivity index (χ4v) is 7.01. The minimum Gasteiger partial charge on any atom is -0.497 e. The average molecular weight is 539 g/mol. The number of benzene rings is 1. The zero-order chi connectivity index (χ0) is 27.0. The maximum Gasteiger partial charge on any atom is 0.246 e. The Kier molecular flexibility index (Phi) is 7.35. The number of carbonyl (C=O) groups is 3. The minimum absolute atomic E-state index is 0.106. The van der Waals surface area contributed by atoms with E-state index in [-0.39, 0.29) is 23.8 Å². The number of anilines is 1. The molecule has 4 heterocycles. The second kappa shape index (κ2) is 10.9. The van der Waals surface area contributed by atoms with Gasteiger partial charge in [0.2, 0.25) is 17.7 Å². The number of methoxy groups -OCH3 is 1. The van der Waals surface area contributed by atoms with Crippen molar-refractivity contribution in [3.05, 3.63) is 36.4 Å². The first-order chi connectivity index (χ1) is 19.0. The monoisotopic (exact) mass is 538 g/mol. The van der Waals surface area contributed by atoms with Crippen LogP contribution in [0.15, 0.2) is 36.4 Å². The number of rotatable bonds is 8. The summed E-state index contributed by atoms with van der Waals surface area (Å²) in [5.41, 5.74) is -0.532. The van der Waals surface area contributed by atoms with Gasteiger partial charge in [0.1, 0.15) is 17.4 Å². The van der Waals surface area contributed by atoms with E-state index in [1.165, 1.54) is 6.42 Å². The van der Waals surface area contributed by atoms with Crippen molar-refractivity contribution in [2.45, 2.75) is 55.9 Å². The Morgan fingerprint density at radius 3 is 2.51 bits per heavy atom. The van der Waals surface area contributed by atoms with Gasteiger partial charge >= 0.3 is 0 Å². The number of nitrogens with zero attached hydrogens (tertiary/aromatic N) is 2. The van der Waals surface area contributed by atoms with Crippen LogP contribution in [0.25, 0.3) is 0 Å². The lowest BCUT2D eigenvalue weighted by molar-refractivity contribution is -0.141. The second-order valence-corrected chi connectivity index (χ2v) is 11.2. The molecular weight excluding hydrogens is 500 g/mol. The first kappa shape index (κ1) is 26.3. The largest absolute Gasteiger partial charge is 0.497 e. The topological polar surface area (TPSA) is 109 Å². The summed E-state index contributed by atoms with van der Waals surface area (Å²) < 4.78 is 17.1. The molecule has 5 aliphatic rings. The number of carbonyl (C=O) groups excluding carboxylic acids is 3. The SMILES string of the molecule is COc1ccc(NC(=O)C2[C@@H]3C=CC4(O3)C(C(=O)NC3CCCCC3)N(CCN3CCOCC3)C(=O)[C@H]24)cc1. The molecule has 10 nitrogen and oxygen atoms in total. The first-order valence-corrected chi connectivity index (χ1v) is 14.2. The Bertz CT molecular complexity index is 1110. The van der Waals surface area contributed by atoms with Crippen LogP contribution in [0.2, 0.25) is 0 Å². The van der Waals surface area contributed by atoms with Gasteiger partial charge in [-0.1, -0.05) is 31.4 Å². The number of fused-ring (bicyclic) bond motifs is 1. The molecule has 3 unspecified atom stereocenters. The lowest BCUT2D eigenvalue weighted by Crippen LogP contribution is -2.57. The summed E-state index contributed by atoms with van der Waals surface area (Å²) in [6.45, 7) is 3.94. The predicted octanol–water partition coefficient (Wildman–Crippen LogP) is 1.57. The standard InChI is InChI=1S/C29H38N4O6/c1-37-21-9-7-20(8-10-21)30-26(34)23-22-11-12-29(39-22)24(23)28(36)33(14-13-32-15-17-38-18-16-32)25(29)27(35)31-19-5-3-2-4-6-19/h7-12,19,22-25H,2-6,13-18H2,1H3,(H,30,34)(H,31,35)/t22-,23?,24-,25?,29?/m0/s1. The van der Waals surface area contributed by atoms with Crippen molar-refractivity contribution in [1.29, 1.82) is 0 Å². The zero-order valence-electron chi connectivity index (χ0n) is 22.5. The molecule has 1 aromatic carbocycles. The van der Waals surface area contributed by atoms with E-state index in [0.29, 0.717) is 37.7 Å². The summed E-state index contributed by atoms with van der Waals surface area (Å²) in [4.78, 5) is 45.5. The van der Waals surface area contributed by atoms with Gasteiger partial charge in [0.25, 0.3) is 0 Å². The van der Waals surface area contributed by atoms with E-state index in [4.69, 9.17) is 14.2 Å². The van der Waals surface area contributed by atoms with Gasteiger partial charge in [0, 0.05) is 37.9 Å². The molecule has 1 aromatic rings. The predicted molar refractivity (Wildman–Crippen MR) is 143 cm³/mol. The van der Waals surface area contributed by atoms with Crippen LogP contribution in [0.1, 0.15) is 32.1 Å². The third-order valence-electron chi connectivity index (χ3n) is 8.99. The average Bonchev–Trinajstić information content (AvgIpc) is 3.60. The Morgan fingerprint density at radius 1 is 1.05 bits per heavy atom. The Morgan fingerprint density at radius 2 is 1.79 bits per heavy atom. The van der Waals surface area contributed by atoms with E-state index >= 15 is 0 Å². The van der Waals surface area contributed by atoms with Crippen LogP contribution in [0.4, 0.5) is 5.69 Å². The zero-order valence-corrected chi connectivity index (χ0v) is 22.5. The van der Waals surface area contributed by atoms with Gasteiger partial charge in [-0.3, -0.25) is 19.3 Å². The molecule has 5 atom stereocenters. The first-order valence-electron chi connectivity index (χ1n) is 14.2. The van der Waals surface area contributed by atoms with Crippen molar-refractivity contribution >= 4 is 23.4 Å². The number of hydrogen-bond acceptors (Lipinski definition) is 7. The fourth-order valence-electron chi connectivity index (χ4n) is 7.01. The number of ether oxygens (including phenoxy) is 3. The summed E-state index contributed by atoms with van der Waals surface area (Å²) >= 11 is 0. The molecule has 39 heavy (non-hydrogen) atoms. The van der Waals surface area contributed by atoms with Gasteiger partial charge in [0.05, 0.1) is 38.3 Å². The third kappa shape index (κ3) is 4.83. The fraction of sp³-hybridized carbons (Fsp3) is 0.621. The molecule has 6 rings (SSSR count). The molecule has 0 radical (unpaired) electrons. The second-order valence-electron chi connectivity index (χ2n) is 11.2. The van der Waals surface area contributed by atoms with Gasteiger partial charge in [-0.25, -0.2) is 0 Å². The van der Waals surface area contributed by atoms with E-state index in [1.807, 2.05) is 12.2 Å². The Labute approximate surface area is 229 Å². The summed E-state index contributed by atoms with van der Waals surface area (Å²) in [6.07, 6.45) is 8.44. The molecule has 3 saturated heterocycles. The number of morpholine rings is 1. The maximum atomic E-state index is 14.1. The molecule has 2 N–H and O–H groups in total. The van der Waals surface area contributed by atoms with Crippen LogP contribution in [-0.2, 0) is 23.9 Å². The van der Waals surface area contributed by atoms with Gasteiger partial charge in [0.15, 0.2) is 0 Å². The number of nitrogens with one attached hydrogen (secondary N) is 2. The van der Waals surface area contributed by atoms with Gasteiger partial charge in [-0.2, -0.15) is 0 Å². The quantitative estimate of drug-likeness (QED) is 0.484. The molecule has 4 fully saturated rings. The lowest BCUT2D eigenvalue weighted by atomic mass is 9.74. The molecular formula is C29H38N4O6. The highest BCUT2D eigenvalue weighted by Crippen LogP contribution is 2.55. The van der Waals surface area contributed by atoms with E-state index in [1.54, 1.807) is 36.3 Å². The molecule has 2 bridgehead atoms. The Hall–Kier alpha value is -2.95. The van der Waals surface area contributed by atoms with Gasteiger partial charge < -0.3 is 29.7 Å². The molecule has 1 aliphatic carbocycles. The summed E-state index contributed by atoms with van der Waals surface area (Å²) in [7, 11) is 1.59. The normalized spacial score (nSPS) is 32.3. The number of hydrogen-bond donors (Lipinski definition) is 2. The smallest absolute Gasteiger partial charge is 0.246 e.